The van der Waals surface area contributed by atoms with Gasteiger partial charge in [-0.3, -0.25) is 52.7 Å². The van der Waals surface area contributed by atoms with Gasteiger partial charge < -0.3 is 96.8 Å². The number of hydrogen-bond donors (Lipinski definition) is 17. The van der Waals surface area contributed by atoms with Crippen LogP contribution in [0.1, 0.15) is 136 Å². The molecule has 0 bridgehead atoms. The second kappa shape index (κ2) is 42.7. The third-order valence-corrected chi connectivity index (χ3v) is 16.3. The molecule has 2 aromatic carbocycles. The van der Waals surface area contributed by atoms with Gasteiger partial charge in [-0.25, -0.2) is 0 Å². The van der Waals surface area contributed by atoms with Gasteiger partial charge in [0, 0.05) is 32.4 Å². The molecule has 22 N–H and O–H groups in total. The van der Waals surface area contributed by atoms with Crippen molar-refractivity contribution in [3.63, 3.8) is 0 Å². The molecule has 526 valence electrons. The van der Waals surface area contributed by atoms with Gasteiger partial charge in [-0.05, 0) is 138 Å². The zero-order chi connectivity index (χ0) is 70.0. The molecule has 1 aliphatic heterocycles. The average molecular weight is 1320 g/mol. The second-order valence-corrected chi connectivity index (χ2v) is 24.7. The number of benzene rings is 2. The minimum atomic E-state index is -1.71. The standard InChI is InChI=1S/C65H107N15O14/c1-8-38(4)11-9-10-12-54(84)72-47(22-28-67)61(89)80-56(40(6)82)65(93)77-49(24-30-69)59(87)76-51-26-32-71-64(92)55(39(5)81)79-62(90)50(25-31-70)74-58(86)48(23-29-68)75-63(91)52(33-37(2)3)78-57(85)45(35-53(83)46(21-27-66)73-60(51)88)34-41-13-17-43(18-14-41)44-19-15-42(16-20-44)36-94-7/h13-20,37-40,45-52,55-56,81-82H,8-12,21-36,66-70H2,1-7H3,(H,71,92)(H,72,84)(H,73,88)(H,74,86)(H,75,91)(H,76,87)(H,77,93)(H,78,85)(H,79,90)(H,80,89)/t38?,39-,40+,45+,46?,47?,48-,49-,50-,51?,52-,55-,56?/m1/s1. The maximum absolute atomic E-state index is 14.9. The Hall–Kier alpha value is -7.51. The quantitative estimate of drug-likeness (QED) is 0.0341. The molecule has 5 unspecified atom stereocenters. The number of Topliss-reactive ketones (excluding diaryl/α,β-unsaturated/α-hetero) is 1. The van der Waals surface area contributed by atoms with E-state index < -0.39 is 157 Å². The average Bonchev–Trinajstić information content (AvgIpc) is 1.06. The van der Waals surface area contributed by atoms with Crippen LogP contribution >= 0.6 is 0 Å². The lowest BCUT2D eigenvalue weighted by molar-refractivity contribution is -0.137. The predicted octanol–water partition coefficient (Wildman–Crippen LogP) is -2.34. The van der Waals surface area contributed by atoms with Crippen LogP contribution in [-0.2, 0) is 70.5 Å². The Morgan fingerprint density at radius 3 is 1.63 bits per heavy atom. The van der Waals surface area contributed by atoms with Crippen LogP contribution < -0.4 is 81.8 Å². The van der Waals surface area contributed by atoms with E-state index in [0.717, 1.165) is 36.0 Å². The van der Waals surface area contributed by atoms with E-state index in [1.165, 1.54) is 13.8 Å². The molecule has 2 aromatic rings. The molecule has 1 aliphatic rings. The van der Waals surface area contributed by atoms with E-state index in [9.17, 15) is 63.0 Å². The zero-order valence-electron chi connectivity index (χ0n) is 55.7. The zero-order valence-corrected chi connectivity index (χ0v) is 55.7. The summed E-state index contributed by atoms with van der Waals surface area (Å²) >= 11 is 0. The van der Waals surface area contributed by atoms with Crippen molar-refractivity contribution in [2.75, 3.05) is 46.4 Å². The summed E-state index contributed by atoms with van der Waals surface area (Å²) in [4.78, 5) is 156. The van der Waals surface area contributed by atoms with Crippen LogP contribution in [0, 0.1) is 17.8 Å². The number of hydrogen-bond acceptors (Lipinski definition) is 19. The largest absolute Gasteiger partial charge is 0.391 e. The highest BCUT2D eigenvalue weighted by molar-refractivity contribution is 5.99. The van der Waals surface area contributed by atoms with E-state index >= 15 is 0 Å². The Kier molecular flexibility index (Phi) is 36.7. The number of methoxy groups -OCH3 is 1. The molecular weight excluding hydrogens is 1210 g/mol. The van der Waals surface area contributed by atoms with Gasteiger partial charge in [0.15, 0.2) is 5.78 Å². The molecule has 0 radical (unpaired) electrons. The van der Waals surface area contributed by atoms with Crippen LogP contribution in [0.5, 0.6) is 0 Å². The Morgan fingerprint density at radius 2 is 1.11 bits per heavy atom. The first-order valence-corrected chi connectivity index (χ1v) is 32.8. The Labute approximate surface area is 552 Å². The van der Waals surface area contributed by atoms with Gasteiger partial charge in [0.2, 0.25) is 59.1 Å². The van der Waals surface area contributed by atoms with E-state index in [-0.39, 0.29) is 90.0 Å². The highest BCUT2D eigenvalue weighted by Gasteiger charge is 2.38. The van der Waals surface area contributed by atoms with Crippen LogP contribution in [0.25, 0.3) is 11.1 Å². The number of carbonyl (C=O) groups is 11. The van der Waals surface area contributed by atoms with Gasteiger partial charge in [0.1, 0.15) is 48.3 Å². The lowest BCUT2D eigenvalue weighted by atomic mass is 9.89. The van der Waals surface area contributed by atoms with E-state index in [4.69, 9.17) is 33.4 Å². The highest BCUT2D eigenvalue weighted by Crippen LogP contribution is 2.24. The second-order valence-electron chi connectivity index (χ2n) is 24.7. The van der Waals surface area contributed by atoms with Crippen molar-refractivity contribution >= 4 is 64.9 Å². The first-order chi connectivity index (χ1) is 44.7. The number of amides is 10. The molecule has 1 fully saturated rings. The fourth-order valence-corrected chi connectivity index (χ4v) is 10.6. The number of nitrogens with one attached hydrogen (secondary N) is 10. The third-order valence-electron chi connectivity index (χ3n) is 16.3. The van der Waals surface area contributed by atoms with Crippen LogP contribution in [0.15, 0.2) is 48.5 Å². The van der Waals surface area contributed by atoms with E-state index in [1.807, 2.05) is 36.4 Å². The van der Waals surface area contributed by atoms with E-state index in [0.29, 0.717) is 24.5 Å². The minimum Gasteiger partial charge on any atom is -0.391 e. The molecule has 0 saturated carbocycles. The summed E-state index contributed by atoms with van der Waals surface area (Å²) in [5.74, 6) is -10.3. The van der Waals surface area contributed by atoms with Crippen molar-refractivity contribution in [2.45, 2.75) is 205 Å². The lowest BCUT2D eigenvalue weighted by Gasteiger charge is -2.28. The van der Waals surface area contributed by atoms with E-state index in [1.54, 1.807) is 33.1 Å². The number of ketones is 1. The van der Waals surface area contributed by atoms with Gasteiger partial charge in [-0.1, -0.05) is 95.5 Å². The summed E-state index contributed by atoms with van der Waals surface area (Å²) in [7, 11) is 1.60. The van der Waals surface area contributed by atoms with Crippen molar-refractivity contribution in [3.05, 3.63) is 59.7 Å². The minimum absolute atomic E-state index is 0.0197. The molecule has 29 nitrogen and oxygen atoms in total. The van der Waals surface area contributed by atoms with Crippen molar-refractivity contribution < 1.29 is 67.7 Å². The number of nitrogens with two attached hydrogens (primary N) is 5. The molecule has 0 spiro atoms. The fraction of sp³-hybridized carbons (Fsp3) is 0.646. The molecule has 0 aromatic heterocycles. The van der Waals surface area contributed by atoms with Crippen LogP contribution in [-0.4, -0.2) is 188 Å². The number of aliphatic hydroxyl groups excluding tert-OH is 2. The topological polar surface area (TPSA) is 488 Å². The van der Waals surface area contributed by atoms with E-state index in [2.05, 4.69) is 67.0 Å². The molecule has 13 atom stereocenters. The molecule has 94 heavy (non-hydrogen) atoms. The molecule has 29 heteroatoms. The summed E-state index contributed by atoms with van der Waals surface area (Å²) in [5.41, 5.74) is 33.0. The molecule has 1 heterocycles. The monoisotopic (exact) mass is 1320 g/mol. The summed E-state index contributed by atoms with van der Waals surface area (Å²) in [5, 5.41) is 47.6. The predicted molar refractivity (Wildman–Crippen MR) is 354 cm³/mol. The first kappa shape index (κ1) is 80.7. The summed E-state index contributed by atoms with van der Waals surface area (Å²) in [6.07, 6.45) is -1.50. The Balaban J connectivity index is 2.14. The molecular formula is C65H107N15O14. The van der Waals surface area contributed by atoms with Crippen molar-refractivity contribution in [2.24, 2.45) is 46.4 Å². The van der Waals surface area contributed by atoms with Gasteiger partial charge in [-0.15, -0.1) is 0 Å². The normalized spacial score (nSPS) is 21.9. The smallest absolute Gasteiger partial charge is 0.245 e. The SMILES string of the molecule is CCC(C)CCCCC(=O)NC(CCN)C(=O)NC(C(=O)N[C@H](CCN)C(=O)NC1CCNC(=O)[C@@H]([C@@H](C)O)NC(=O)[C@@H](CCN)NC(=O)[C@@H](CCN)NC(=O)[C@@H](CC(C)C)NC(=O)[C@@H](Cc2ccc(-c3ccc(COC)cc3)cc2)CC(=O)C(CCN)NC1=O)[C@H](C)O. The highest BCUT2D eigenvalue weighted by atomic mass is 16.5. The molecule has 0 aliphatic carbocycles. The molecule has 10 amide bonds. The molecule has 1 saturated heterocycles. The number of rotatable bonds is 32. The van der Waals surface area contributed by atoms with Gasteiger partial charge in [0.25, 0.3) is 0 Å². The maximum Gasteiger partial charge on any atom is 0.245 e. The summed E-state index contributed by atoms with van der Waals surface area (Å²) in [6, 6.07) is 1.70. The number of carbonyl (C=O) groups excluding carboxylic acids is 11. The Morgan fingerprint density at radius 1 is 0.585 bits per heavy atom. The van der Waals surface area contributed by atoms with Crippen molar-refractivity contribution in [3.8, 4) is 11.1 Å². The maximum atomic E-state index is 14.9. The van der Waals surface area contributed by atoms with Gasteiger partial charge in [-0.2, -0.15) is 0 Å². The van der Waals surface area contributed by atoms with Gasteiger partial charge >= 0.3 is 0 Å². The lowest BCUT2D eigenvalue weighted by Crippen LogP contribution is -2.61. The number of ether oxygens (including phenoxy) is 1. The van der Waals surface area contributed by atoms with Crippen molar-refractivity contribution in [1.29, 1.82) is 0 Å². The van der Waals surface area contributed by atoms with Crippen LogP contribution in [0.4, 0.5) is 0 Å². The van der Waals surface area contributed by atoms with Crippen LogP contribution in [0.3, 0.4) is 0 Å². The first-order valence-electron chi connectivity index (χ1n) is 32.8. The van der Waals surface area contributed by atoms with Crippen LogP contribution in [0.2, 0.25) is 0 Å². The molecule has 3 rings (SSSR count). The third kappa shape index (κ3) is 27.8. The Bertz CT molecular complexity index is 2760. The number of aliphatic hydroxyl groups is 2. The summed E-state index contributed by atoms with van der Waals surface area (Å²) in [6.45, 7) is 9.50. The fourth-order valence-electron chi connectivity index (χ4n) is 10.6. The van der Waals surface area contributed by atoms with Crippen molar-refractivity contribution in [1.82, 2.24) is 53.2 Å². The number of unbranched alkanes of at least 4 members (excludes halogenated alkanes) is 1. The summed E-state index contributed by atoms with van der Waals surface area (Å²) < 4.78 is 5.25. The van der Waals surface area contributed by atoms with Gasteiger partial charge in [0.05, 0.1) is 24.9 Å².